The van der Waals surface area contributed by atoms with Crippen LogP contribution in [0, 0.1) is 6.92 Å². The van der Waals surface area contributed by atoms with Crippen LogP contribution in [0.4, 0.5) is 0 Å². The SMILES string of the molecule is Cc1cnn(CCNC(C)c2ccc(OC(C)C)cc2)c1. The zero-order valence-electron chi connectivity index (χ0n) is 13.3. The fourth-order valence-corrected chi connectivity index (χ4v) is 2.21. The van der Waals surface area contributed by atoms with Gasteiger partial charge in [0.1, 0.15) is 5.75 Å². The summed E-state index contributed by atoms with van der Waals surface area (Å²) in [5.41, 5.74) is 2.46. The van der Waals surface area contributed by atoms with E-state index in [0.29, 0.717) is 6.04 Å². The molecule has 21 heavy (non-hydrogen) atoms. The van der Waals surface area contributed by atoms with E-state index in [1.165, 1.54) is 11.1 Å². The molecule has 1 N–H and O–H groups in total. The van der Waals surface area contributed by atoms with Crippen LogP contribution in [0.2, 0.25) is 0 Å². The molecule has 1 heterocycles. The molecule has 0 bridgehead atoms. The Labute approximate surface area is 127 Å². The van der Waals surface area contributed by atoms with Crippen LogP contribution in [0.15, 0.2) is 36.7 Å². The van der Waals surface area contributed by atoms with Gasteiger partial charge in [-0.05, 0) is 51.0 Å². The van der Waals surface area contributed by atoms with E-state index in [-0.39, 0.29) is 6.10 Å². The minimum atomic E-state index is 0.212. The zero-order valence-corrected chi connectivity index (χ0v) is 13.3. The third-order valence-corrected chi connectivity index (χ3v) is 3.31. The number of aryl methyl sites for hydroxylation is 1. The first-order chi connectivity index (χ1) is 10.0. The highest BCUT2D eigenvalue weighted by Crippen LogP contribution is 2.18. The number of nitrogens with zero attached hydrogens (tertiary/aromatic N) is 2. The van der Waals surface area contributed by atoms with E-state index in [0.717, 1.165) is 18.8 Å². The summed E-state index contributed by atoms with van der Waals surface area (Å²) in [6.07, 6.45) is 4.16. The number of rotatable bonds is 7. The van der Waals surface area contributed by atoms with Gasteiger partial charge in [0.25, 0.3) is 0 Å². The first-order valence-electron chi connectivity index (χ1n) is 7.53. The molecule has 0 aliphatic heterocycles. The maximum atomic E-state index is 5.66. The molecule has 2 rings (SSSR count). The van der Waals surface area contributed by atoms with Crippen LogP contribution in [0.1, 0.15) is 37.9 Å². The normalized spacial score (nSPS) is 12.6. The average Bonchev–Trinajstić information content (AvgIpc) is 2.84. The summed E-state index contributed by atoms with van der Waals surface area (Å²) >= 11 is 0. The molecule has 0 saturated carbocycles. The second-order valence-electron chi connectivity index (χ2n) is 5.69. The third kappa shape index (κ3) is 4.90. The Hall–Kier alpha value is -1.81. The van der Waals surface area contributed by atoms with E-state index in [1.807, 2.05) is 36.9 Å². The molecule has 4 heteroatoms. The summed E-state index contributed by atoms with van der Waals surface area (Å²) in [6.45, 7) is 10.1. The van der Waals surface area contributed by atoms with Crippen LogP contribution in [0.3, 0.4) is 0 Å². The molecule has 0 radical (unpaired) electrons. The molecule has 1 atom stereocenters. The van der Waals surface area contributed by atoms with Gasteiger partial charge in [-0.15, -0.1) is 0 Å². The Kier molecular flexibility index (Phi) is 5.39. The molecule has 4 nitrogen and oxygen atoms in total. The van der Waals surface area contributed by atoms with Crippen molar-refractivity contribution in [1.82, 2.24) is 15.1 Å². The first-order valence-corrected chi connectivity index (χ1v) is 7.53. The molecule has 0 saturated heterocycles. The van der Waals surface area contributed by atoms with Crippen LogP contribution in [-0.4, -0.2) is 22.4 Å². The second kappa shape index (κ2) is 7.27. The molecule has 0 amide bonds. The molecule has 0 spiro atoms. The lowest BCUT2D eigenvalue weighted by Crippen LogP contribution is -2.23. The van der Waals surface area contributed by atoms with Gasteiger partial charge in [-0.2, -0.15) is 5.10 Å². The summed E-state index contributed by atoms with van der Waals surface area (Å²) in [5.74, 6) is 0.924. The quantitative estimate of drug-likeness (QED) is 0.849. The largest absolute Gasteiger partial charge is 0.491 e. The van der Waals surface area contributed by atoms with Crippen LogP contribution in [0.25, 0.3) is 0 Å². The molecule has 0 fully saturated rings. The average molecular weight is 287 g/mol. The van der Waals surface area contributed by atoms with Gasteiger partial charge < -0.3 is 10.1 Å². The maximum absolute atomic E-state index is 5.66. The van der Waals surface area contributed by atoms with Crippen molar-refractivity contribution in [2.24, 2.45) is 0 Å². The molecule has 2 aromatic rings. The maximum Gasteiger partial charge on any atom is 0.119 e. The van der Waals surface area contributed by atoms with Gasteiger partial charge in [0.05, 0.1) is 18.8 Å². The Morgan fingerprint density at radius 2 is 1.90 bits per heavy atom. The molecule has 0 aliphatic carbocycles. The van der Waals surface area contributed by atoms with Gasteiger partial charge in [-0.1, -0.05) is 12.1 Å². The van der Waals surface area contributed by atoms with Crippen molar-refractivity contribution in [2.75, 3.05) is 6.54 Å². The van der Waals surface area contributed by atoms with Crippen molar-refractivity contribution in [3.8, 4) is 5.75 Å². The van der Waals surface area contributed by atoms with Gasteiger partial charge in [-0.25, -0.2) is 0 Å². The zero-order chi connectivity index (χ0) is 15.2. The smallest absolute Gasteiger partial charge is 0.119 e. The molecular formula is C17H25N3O. The lowest BCUT2D eigenvalue weighted by molar-refractivity contribution is 0.242. The van der Waals surface area contributed by atoms with E-state index < -0.39 is 0 Å². The van der Waals surface area contributed by atoms with Crippen molar-refractivity contribution < 1.29 is 4.74 Å². The van der Waals surface area contributed by atoms with E-state index in [1.54, 1.807) is 0 Å². The number of benzene rings is 1. The first kappa shape index (κ1) is 15.6. The van der Waals surface area contributed by atoms with Crippen molar-refractivity contribution in [3.05, 3.63) is 47.8 Å². The number of hydrogen-bond acceptors (Lipinski definition) is 3. The highest BCUT2D eigenvalue weighted by Gasteiger charge is 2.05. The Bertz CT molecular complexity index is 545. The molecule has 1 unspecified atom stereocenters. The lowest BCUT2D eigenvalue weighted by atomic mass is 10.1. The summed E-state index contributed by atoms with van der Waals surface area (Å²) < 4.78 is 7.63. The number of ether oxygens (including phenoxy) is 1. The molecule has 1 aromatic carbocycles. The van der Waals surface area contributed by atoms with Crippen molar-refractivity contribution in [2.45, 2.75) is 46.4 Å². The van der Waals surface area contributed by atoms with Crippen LogP contribution >= 0.6 is 0 Å². The van der Waals surface area contributed by atoms with Crippen molar-refractivity contribution in [3.63, 3.8) is 0 Å². The van der Waals surface area contributed by atoms with Crippen molar-refractivity contribution in [1.29, 1.82) is 0 Å². The van der Waals surface area contributed by atoms with Crippen molar-refractivity contribution >= 4 is 0 Å². The number of aromatic nitrogens is 2. The number of nitrogens with one attached hydrogen (secondary N) is 1. The van der Waals surface area contributed by atoms with E-state index in [9.17, 15) is 0 Å². The molecule has 0 aliphatic rings. The van der Waals surface area contributed by atoms with Crippen LogP contribution in [0.5, 0.6) is 5.75 Å². The van der Waals surface area contributed by atoms with Gasteiger partial charge in [0.2, 0.25) is 0 Å². The third-order valence-electron chi connectivity index (χ3n) is 3.31. The minimum Gasteiger partial charge on any atom is -0.491 e. The summed E-state index contributed by atoms with van der Waals surface area (Å²) in [5, 5.41) is 7.80. The van der Waals surface area contributed by atoms with E-state index in [4.69, 9.17) is 4.74 Å². The van der Waals surface area contributed by atoms with Crippen LogP contribution in [-0.2, 0) is 6.54 Å². The van der Waals surface area contributed by atoms with E-state index in [2.05, 4.69) is 42.6 Å². The van der Waals surface area contributed by atoms with Gasteiger partial charge in [0.15, 0.2) is 0 Å². The monoisotopic (exact) mass is 287 g/mol. The van der Waals surface area contributed by atoms with Crippen LogP contribution < -0.4 is 10.1 Å². The fraction of sp³-hybridized carbons (Fsp3) is 0.471. The number of hydrogen-bond donors (Lipinski definition) is 1. The summed E-state index contributed by atoms with van der Waals surface area (Å²) in [7, 11) is 0. The minimum absolute atomic E-state index is 0.212. The van der Waals surface area contributed by atoms with E-state index >= 15 is 0 Å². The van der Waals surface area contributed by atoms with Gasteiger partial charge >= 0.3 is 0 Å². The highest BCUT2D eigenvalue weighted by molar-refractivity contribution is 5.29. The fourth-order valence-electron chi connectivity index (χ4n) is 2.21. The lowest BCUT2D eigenvalue weighted by Gasteiger charge is -2.15. The standard InChI is InChI=1S/C17H25N3O/c1-13(2)21-17-7-5-16(6-8-17)15(4)18-9-10-20-12-14(3)11-19-20/h5-8,11-13,15,18H,9-10H2,1-4H3. The molecule has 1 aromatic heterocycles. The highest BCUT2D eigenvalue weighted by atomic mass is 16.5. The van der Waals surface area contributed by atoms with Gasteiger partial charge in [-0.3, -0.25) is 4.68 Å². The second-order valence-corrected chi connectivity index (χ2v) is 5.69. The predicted octanol–water partition coefficient (Wildman–Crippen LogP) is 3.33. The Morgan fingerprint density at radius 1 is 1.19 bits per heavy atom. The Morgan fingerprint density at radius 3 is 2.48 bits per heavy atom. The predicted molar refractivity (Wildman–Crippen MR) is 85.6 cm³/mol. The molecule has 114 valence electrons. The summed E-state index contributed by atoms with van der Waals surface area (Å²) in [4.78, 5) is 0. The van der Waals surface area contributed by atoms with Gasteiger partial charge in [0, 0.05) is 18.8 Å². The Balaban J connectivity index is 1.81. The topological polar surface area (TPSA) is 39.1 Å². The summed E-state index contributed by atoms with van der Waals surface area (Å²) in [6, 6.07) is 8.62. The molecular weight excluding hydrogens is 262 g/mol.